The summed E-state index contributed by atoms with van der Waals surface area (Å²) in [6, 6.07) is 6.81. The van der Waals surface area contributed by atoms with Crippen LogP contribution in [0.15, 0.2) is 24.3 Å². The molecule has 0 aliphatic heterocycles. The third-order valence-electron chi connectivity index (χ3n) is 3.76. The Morgan fingerprint density at radius 2 is 1.52 bits per heavy atom. The van der Waals surface area contributed by atoms with E-state index in [1.165, 1.54) is 14.2 Å². The highest BCUT2D eigenvalue weighted by Gasteiger charge is 2.28. The molecule has 0 saturated carbocycles. The summed E-state index contributed by atoms with van der Waals surface area (Å²) in [5.41, 5.74) is 1.37. The number of rotatable bonds is 10. The van der Waals surface area contributed by atoms with Crippen LogP contribution in [0.5, 0.6) is 0 Å². The van der Waals surface area contributed by atoms with Gasteiger partial charge in [0.25, 0.3) is 0 Å². The van der Waals surface area contributed by atoms with E-state index in [1.807, 2.05) is 0 Å². The van der Waals surface area contributed by atoms with Crippen LogP contribution in [0.4, 0.5) is 0 Å². The second-order valence-corrected chi connectivity index (χ2v) is 5.50. The number of hydrogen-bond donors (Lipinski definition) is 1. The molecule has 0 aliphatic carbocycles. The molecule has 0 radical (unpaired) electrons. The Labute approximate surface area is 145 Å². The smallest absolute Gasteiger partial charge is 0.320 e. The van der Waals surface area contributed by atoms with Crippen molar-refractivity contribution in [3.05, 3.63) is 35.4 Å². The number of ether oxygens (including phenoxy) is 2. The number of aryl methyl sites for hydroxylation is 1. The molecule has 7 heteroatoms. The first-order chi connectivity index (χ1) is 11.9. The zero-order chi connectivity index (χ0) is 18.8. The van der Waals surface area contributed by atoms with Crippen LogP contribution in [0.2, 0.25) is 0 Å². The lowest BCUT2D eigenvalue weighted by Crippen LogP contribution is -2.27. The number of aliphatic carboxylic acids is 1. The third-order valence-corrected chi connectivity index (χ3v) is 3.76. The minimum atomic E-state index is -0.979. The second kappa shape index (κ2) is 10.2. The molecule has 0 bridgehead atoms. The van der Waals surface area contributed by atoms with Gasteiger partial charge in [0, 0.05) is 18.4 Å². The van der Waals surface area contributed by atoms with E-state index in [2.05, 4.69) is 9.47 Å². The Bertz CT molecular complexity index is 603. The number of carbonyl (C=O) groups excluding carboxylic acids is 3. The van der Waals surface area contributed by atoms with Crippen LogP contribution in [0.1, 0.15) is 41.6 Å². The minimum Gasteiger partial charge on any atom is -0.481 e. The van der Waals surface area contributed by atoms with Crippen molar-refractivity contribution < 1.29 is 33.8 Å². The zero-order valence-electron chi connectivity index (χ0n) is 14.3. The van der Waals surface area contributed by atoms with Gasteiger partial charge < -0.3 is 14.6 Å². The number of carboxylic acid groups (broad SMARTS) is 1. The number of carboxylic acids is 1. The van der Waals surface area contributed by atoms with Gasteiger partial charge in [0.1, 0.15) is 0 Å². The van der Waals surface area contributed by atoms with Crippen molar-refractivity contribution >= 4 is 23.7 Å². The van der Waals surface area contributed by atoms with E-state index in [0.29, 0.717) is 18.4 Å². The molecule has 0 heterocycles. The van der Waals surface area contributed by atoms with Gasteiger partial charge in [-0.3, -0.25) is 19.2 Å². The maximum atomic E-state index is 11.9. The quantitative estimate of drug-likeness (QED) is 0.391. The van der Waals surface area contributed by atoms with Crippen molar-refractivity contribution in [2.45, 2.75) is 32.1 Å². The lowest BCUT2D eigenvalue weighted by Gasteiger charge is -2.12. The van der Waals surface area contributed by atoms with E-state index < -0.39 is 23.8 Å². The van der Waals surface area contributed by atoms with Crippen molar-refractivity contribution in [1.29, 1.82) is 0 Å². The Morgan fingerprint density at radius 3 is 2.00 bits per heavy atom. The number of hydrogen-bond acceptors (Lipinski definition) is 6. The van der Waals surface area contributed by atoms with Crippen LogP contribution in [0.3, 0.4) is 0 Å². The molecule has 1 rings (SSSR count). The van der Waals surface area contributed by atoms with Gasteiger partial charge in [-0.2, -0.15) is 0 Å². The molecule has 25 heavy (non-hydrogen) atoms. The van der Waals surface area contributed by atoms with Crippen LogP contribution in [-0.2, 0) is 30.3 Å². The summed E-state index contributed by atoms with van der Waals surface area (Å²) in [6.45, 7) is 0. The van der Waals surface area contributed by atoms with Crippen LogP contribution in [-0.4, -0.2) is 43.0 Å². The summed E-state index contributed by atoms with van der Waals surface area (Å²) >= 11 is 0. The molecule has 0 atom stereocenters. The maximum absolute atomic E-state index is 11.9. The molecule has 1 aromatic carbocycles. The fraction of sp³-hybridized carbons (Fsp3) is 0.444. The topological polar surface area (TPSA) is 107 Å². The molecule has 0 aliphatic rings. The number of benzene rings is 1. The standard InChI is InChI=1S/C18H22O7/c1-24-17(22)14(18(23)25-2)11-8-12-6-9-13(10-7-12)15(19)4-3-5-16(20)21/h6-7,9-10,14H,3-5,8,11H2,1-2H3,(H,20,21). The van der Waals surface area contributed by atoms with E-state index in [4.69, 9.17) is 5.11 Å². The molecule has 7 nitrogen and oxygen atoms in total. The molecule has 0 saturated heterocycles. The van der Waals surface area contributed by atoms with Gasteiger partial charge in [0.2, 0.25) is 0 Å². The van der Waals surface area contributed by atoms with Crippen molar-refractivity contribution in [2.75, 3.05) is 14.2 Å². The van der Waals surface area contributed by atoms with Crippen LogP contribution in [0, 0.1) is 5.92 Å². The van der Waals surface area contributed by atoms with Crippen LogP contribution >= 0.6 is 0 Å². The largest absolute Gasteiger partial charge is 0.481 e. The molecule has 0 aromatic heterocycles. The molecule has 136 valence electrons. The fourth-order valence-corrected chi connectivity index (χ4v) is 2.33. The van der Waals surface area contributed by atoms with E-state index in [9.17, 15) is 19.2 Å². The summed E-state index contributed by atoms with van der Waals surface area (Å²) in [5, 5.41) is 8.57. The van der Waals surface area contributed by atoms with Gasteiger partial charge in [0.05, 0.1) is 14.2 Å². The minimum absolute atomic E-state index is 0.0354. The second-order valence-electron chi connectivity index (χ2n) is 5.50. The van der Waals surface area contributed by atoms with Gasteiger partial charge >= 0.3 is 17.9 Å². The van der Waals surface area contributed by atoms with Gasteiger partial charge in [-0.1, -0.05) is 24.3 Å². The summed E-state index contributed by atoms with van der Waals surface area (Å²) < 4.78 is 9.20. The zero-order valence-corrected chi connectivity index (χ0v) is 14.3. The molecular formula is C18H22O7. The SMILES string of the molecule is COC(=O)C(CCc1ccc(C(=O)CCCC(=O)O)cc1)C(=O)OC. The predicted octanol–water partition coefficient (Wildman–Crippen LogP) is 2.02. The highest BCUT2D eigenvalue weighted by Crippen LogP contribution is 2.15. The third kappa shape index (κ3) is 6.74. The summed E-state index contributed by atoms with van der Waals surface area (Å²) in [7, 11) is 2.42. The van der Waals surface area contributed by atoms with Gasteiger partial charge in [-0.25, -0.2) is 0 Å². The van der Waals surface area contributed by atoms with Crippen molar-refractivity contribution in [3.8, 4) is 0 Å². The molecule has 1 N–H and O–H groups in total. The Balaban J connectivity index is 2.61. The molecular weight excluding hydrogens is 328 g/mol. The lowest BCUT2D eigenvalue weighted by molar-refractivity contribution is -0.159. The Hall–Kier alpha value is -2.70. The van der Waals surface area contributed by atoms with Crippen molar-refractivity contribution in [1.82, 2.24) is 0 Å². The number of esters is 2. The number of Topliss-reactive ketones (excluding diaryl/α,β-unsaturated/α-hetero) is 1. The molecule has 1 aromatic rings. The van der Waals surface area contributed by atoms with Crippen LogP contribution in [0.25, 0.3) is 0 Å². The number of carbonyl (C=O) groups is 4. The Morgan fingerprint density at radius 1 is 0.960 bits per heavy atom. The molecule has 0 fully saturated rings. The maximum Gasteiger partial charge on any atom is 0.320 e. The summed E-state index contributed by atoms with van der Waals surface area (Å²) in [6.07, 6.45) is 1.13. The van der Waals surface area contributed by atoms with Crippen molar-refractivity contribution in [3.63, 3.8) is 0 Å². The first-order valence-corrected chi connectivity index (χ1v) is 7.88. The summed E-state index contributed by atoms with van der Waals surface area (Å²) in [5.74, 6) is -3.30. The Kier molecular flexibility index (Phi) is 8.32. The highest BCUT2D eigenvalue weighted by atomic mass is 16.5. The van der Waals surface area contributed by atoms with Gasteiger partial charge in [0.15, 0.2) is 11.7 Å². The lowest BCUT2D eigenvalue weighted by atomic mass is 9.97. The summed E-state index contributed by atoms with van der Waals surface area (Å²) in [4.78, 5) is 45.6. The first-order valence-electron chi connectivity index (χ1n) is 7.88. The highest BCUT2D eigenvalue weighted by molar-refractivity contribution is 5.96. The van der Waals surface area contributed by atoms with Gasteiger partial charge in [-0.05, 0) is 24.8 Å². The monoisotopic (exact) mass is 350 g/mol. The number of ketones is 1. The van der Waals surface area contributed by atoms with Crippen LogP contribution < -0.4 is 0 Å². The van der Waals surface area contributed by atoms with E-state index in [0.717, 1.165) is 5.56 Å². The molecule has 0 unspecified atom stereocenters. The normalized spacial score (nSPS) is 10.4. The van der Waals surface area contributed by atoms with E-state index >= 15 is 0 Å². The molecule has 0 amide bonds. The molecule has 0 spiro atoms. The van der Waals surface area contributed by atoms with Gasteiger partial charge in [-0.15, -0.1) is 0 Å². The average Bonchev–Trinajstić information content (AvgIpc) is 2.61. The fourth-order valence-electron chi connectivity index (χ4n) is 2.33. The van der Waals surface area contributed by atoms with Crippen molar-refractivity contribution in [2.24, 2.45) is 5.92 Å². The van der Waals surface area contributed by atoms with E-state index in [1.54, 1.807) is 24.3 Å². The number of methoxy groups -OCH3 is 2. The average molecular weight is 350 g/mol. The van der Waals surface area contributed by atoms with E-state index in [-0.39, 0.29) is 25.0 Å². The first kappa shape index (κ1) is 20.3. The predicted molar refractivity (Wildman–Crippen MR) is 88.1 cm³/mol.